The van der Waals surface area contributed by atoms with Crippen molar-refractivity contribution in [3.63, 3.8) is 0 Å². The van der Waals surface area contributed by atoms with Gasteiger partial charge in [0.05, 0.1) is 13.5 Å². The van der Waals surface area contributed by atoms with Crippen LogP contribution in [-0.2, 0) is 11.2 Å². The van der Waals surface area contributed by atoms with Crippen molar-refractivity contribution < 1.29 is 14.3 Å². The van der Waals surface area contributed by atoms with Crippen molar-refractivity contribution in [3.8, 4) is 5.75 Å². The first kappa shape index (κ1) is 13.2. The molecule has 0 bridgehead atoms. The minimum atomic E-state index is -0.217. The Labute approximate surface area is 121 Å². The zero-order chi connectivity index (χ0) is 14.8. The lowest BCUT2D eigenvalue weighted by molar-refractivity contribution is -0.115. The lowest BCUT2D eigenvalue weighted by Gasteiger charge is -2.08. The van der Waals surface area contributed by atoms with Crippen molar-refractivity contribution in [1.29, 1.82) is 0 Å². The average molecular weight is 282 g/mol. The van der Waals surface area contributed by atoms with Crippen molar-refractivity contribution in [2.45, 2.75) is 6.42 Å². The van der Waals surface area contributed by atoms with Crippen LogP contribution in [0.3, 0.4) is 0 Å². The molecular formula is C16H14N2O3. The van der Waals surface area contributed by atoms with E-state index in [1.807, 2.05) is 6.07 Å². The number of anilines is 2. The maximum Gasteiger partial charge on any atom is 0.255 e. The molecule has 2 aromatic carbocycles. The van der Waals surface area contributed by atoms with Gasteiger partial charge in [-0.25, -0.2) is 0 Å². The molecule has 2 amide bonds. The molecule has 21 heavy (non-hydrogen) atoms. The minimum Gasteiger partial charge on any atom is -0.497 e. The molecule has 0 fully saturated rings. The van der Waals surface area contributed by atoms with E-state index < -0.39 is 0 Å². The summed E-state index contributed by atoms with van der Waals surface area (Å²) >= 11 is 0. The van der Waals surface area contributed by atoms with Gasteiger partial charge in [0.15, 0.2) is 0 Å². The second-order valence-corrected chi connectivity index (χ2v) is 4.78. The Hall–Kier alpha value is -2.82. The van der Waals surface area contributed by atoms with Crippen LogP contribution in [0.15, 0.2) is 42.5 Å². The Morgan fingerprint density at radius 2 is 2.10 bits per heavy atom. The molecule has 1 aliphatic heterocycles. The third kappa shape index (κ3) is 2.72. The van der Waals surface area contributed by atoms with E-state index >= 15 is 0 Å². The normalized spacial score (nSPS) is 12.5. The van der Waals surface area contributed by atoms with Gasteiger partial charge in [0, 0.05) is 23.0 Å². The molecule has 0 unspecified atom stereocenters. The fourth-order valence-electron chi connectivity index (χ4n) is 2.27. The molecule has 0 aromatic heterocycles. The van der Waals surface area contributed by atoms with Crippen molar-refractivity contribution in [1.82, 2.24) is 0 Å². The molecule has 0 spiro atoms. The molecule has 5 heteroatoms. The maximum atomic E-state index is 12.2. The summed E-state index contributed by atoms with van der Waals surface area (Å²) in [6.45, 7) is 0. The van der Waals surface area contributed by atoms with Crippen LogP contribution in [-0.4, -0.2) is 18.9 Å². The molecular weight excluding hydrogens is 268 g/mol. The van der Waals surface area contributed by atoms with E-state index in [1.54, 1.807) is 43.5 Å². The molecule has 2 N–H and O–H groups in total. The Morgan fingerprint density at radius 1 is 1.24 bits per heavy atom. The number of benzene rings is 2. The van der Waals surface area contributed by atoms with Crippen LogP contribution in [0.5, 0.6) is 5.75 Å². The standard InChI is InChI=1S/C16H14N2O3/c1-21-13-4-2-3-12(9-13)17-16(20)10-5-6-14-11(7-10)8-15(19)18-14/h2-7,9H,8H2,1H3,(H,17,20)(H,18,19). The monoisotopic (exact) mass is 282 g/mol. The number of fused-ring (bicyclic) bond motifs is 1. The van der Waals surface area contributed by atoms with Gasteiger partial charge < -0.3 is 15.4 Å². The van der Waals surface area contributed by atoms with Gasteiger partial charge in [-0.05, 0) is 35.9 Å². The topological polar surface area (TPSA) is 67.4 Å². The fraction of sp³-hybridized carbons (Fsp3) is 0.125. The van der Waals surface area contributed by atoms with Crippen LogP contribution in [0.25, 0.3) is 0 Å². The lowest BCUT2D eigenvalue weighted by Crippen LogP contribution is -2.12. The van der Waals surface area contributed by atoms with E-state index in [0.29, 0.717) is 23.4 Å². The van der Waals surface area contributed by atoms with Crippen LogP contribution in [0.1, 0.15) is 15.9 Å². The highest BCUT2D eigenvalue weighted by molar-refractivity contribution is 6.06. The third-order valence-electron chi connectivity index (χ3n) is 3.32. The van der Waals surface area contributed by atoms with E-state index in [9.17, 15) is 9.59 Å². The SMILES string of the molecule is COc1cccc(NC(=O)c2ccc3c(c2)CC(=O)N3)c1. The molecule has 5 nitrogen and oxygen atoms in total. The Morgan fingerprint density at radius 3 is 2.90 bits per heavy atom. The first-order chi connectivity index (χ1) is 10.2. The molecule has 0 saturated carbocycles. The lowest BCUT2D eigenvalue weighted by atomic mass is 10.1. The van der Waals surface area contributed by atoms with E-state index in [2.05, 4.69) is 10.6 Å². The van der Waals surface area contributed by atoms with Crippen LogP contribution >= 0.6 is 0 Å². The summed E-state index contributed by atoms with van der Waals surface area (Å²) in [5.41, 5.74) is 2.80. The molecule has 0 saturated heterocycles. The van der Waals surface area contributed by atoms with Gasteiger partial charge in [0.1, 0.15) is 5.75 Å². The maximum absolute atomic E-state index is 12.2. The van der Waals surface area contributed by atoms with Crippen LogP contribution in [0, 0.1) is 0 Å². The number of amides is 2. The van der Waals surface area contributed by atoms with Gasteiger partial charge in [-0.2, -0.15) is 0 Å². The van der Waals surface area contributed by atoms with Crippen LogP contribution in [0.2, 0.25) is 0 Å². The minimum absolute atomic E-state index is 0.0460. The molecule has 1 heterocycles. The van der Waals surface area contributed by atoms with Gasteiger partial charge in [-0.3, -0.25) is 9.59 Å². The summed E-state index contributed by atoms with van der Waals surface area (Å²) in [4.78, 5) is 23.6. The Kier molecular flexibility index (Phi) is 3.31. The third-order valence-corrected chi connectivity index (χ3v) is 3.32. The summed E-state index contributed by atoms with van der Waals surface area (Å²) in [6, 6.07) is 12.3. The second kappa shape index (κ2) is 5.28. The van der Waals surface area contributed by atoms with Crippen molar-refractivity contribution in [3.05, 3.63) is 53.6 Å². The number of methoxy groups -OCH3 is 1. The number of nitrogens with one attached hydrogen (secondary N) is 2. The molecule has 106 valence electrons. The first-order valence-corrected chi connectivity index (χ1v) is 6.54. The van der Waals surface area contributed by atoms with Gasteiger partial charge in [-0.1, -0.05) is 6.07 Å². The number of hydrogen-bond acceptors (Lipinski definition) is 3. The summed E-state index contributed by atoms with van der Waals surface area (Å²) in [5, 5.41) is 5.55. The largest absolute Gasteiger partial charge is 0.497 e. The number of rotatable bonds is 3. The van der Waals surface area contributed by atoms with Gasteiger partial charge in [0.25, 0.3) is 5.91 Å². The van der Waals surface area contributed by atoms with Crippen LogP contribution in [0.4, 0.5) is 11.4 Å². The Bertz CT molecular complexity index is 725. The molecule has 1 aliphatic rings. The predicted octanol–water partition coefficient (Wildman–Crippen LogP) is 2.44. The smallest absolute Gasteiger partial charge is 0.255 e. The summed E-state index contributed by atoms with van der Waals surface area (Å²) < 4.78 is 5.12. The number of ether oxygens (including phenoxy) is 1. The highest BCUT2D eigenvalue weighted by Crippen LogP contribution is 2.24. The van der Waals surface area contributed by atoms with E-state index in [1.165, 1.54) is 0 Å². The van der Waals surface area contributed by atoms with Crippen LogP contribution < -0.4 is 15.4 Å². The molecule has 0 radical (unpaired) electrons. The van der Waals surface area contributed by atoms with E-state index in [4.69, 9.17) is 4.74 Å². The van der Waals surface area contributed by atoms with Crippen molar-refractivity contribution >= 4 is 23.2 Å². The first-order valence-electron chi connectivity index (χ1n) is 6.54. The fourth-order valence-corrected chi connectivity index (χ4v) is 2.27. The molecule has 0 atom stereocenters. The van der Waals surface area contributed by atoms with Gasteiger partial charge >= 0.3 is 0 Å². The van der Waals surface area contributed by atoms with Gasteiger partial charge in [-0.15, -0.1) is 0 Å². The zero-order valence-electron chi connectivity index (χ0n) is 11.5. The molecule has 2 aromatic rings. The summed E-state index contributed by atoms with van der Waals surface area (Å²) in [7, 11) is 1.57. The summed E-state index contributed by atoms with van der Waals surface area (Å²) in [6.07, 6.45) is 0.315. The molecule has 0 aliphatic carbocycles. The van der Waals surface area contributed by atoms with E-state index in [0.717, 1.165) is 11.3 Å². The average Bonchev–Trinajstić information content (AvgIpc) is 2.86. The molecule has 3 rings (SSSR count). The quantitative estimate of drug-likeness (QED) is 0.908. The number of hydrogen-bond donors (Lipinski definition) is 2. The highest BCUT2D eigenvalue weighted by Gasteiger charge is 2.19. The predicted molar refractivity (Wildman–Crippen MR) is 79.7 cm³/mol. The number of carbonyl (C=O) groups excluding carboxylic acids is 2. The summed E-state index contributed by atoms with van der Waals surface area (Å²) in [5.74, 6) is 0.414. The zero-order valence-corrected chi connectivity index (χ0v) is 11.5. The van der Waals surface area contributed by atoms with Crippen molar-refractivity contribution in [2.24, 2.45) is 0 Å². The van der Waals surface area contributed by atoms with Crippen molar-refractivity contribution in [2.75, 3.05) is 17.7 Å². The second-order valence-electron chi connectivity index (χ2n) is 4.78. The van der Waals surface area contributed by atoms with Gasteiger partial charge in [0.2, 0.25) is 5.91 Å². The Balaban J connectivity index is 1.79. The number of carbonyl (C=O) groups is 2. The highest BCUT2D eigenvalue weighted by atomic mass is 16.5. The van der Waals surface area contributed by atoms with E-state index in [-0.39, 0.29) is 11.8 Å².